The Morgan fingerprint density at radius 2 is 1.75 bits per heavy atom. The predicted octanol–water partition coefficient (Wildman–Crippen LogP) is 5.06. The summed E-state index contributed by atoms with van der Waals surface area (Å²) in [7, 11) is 0. The van der Waals surface area contributed by atoms with E-state index >= 15 is 0 Å². The summed E-state index contributed by atoms with van der Waals surface area (Å²) in [5.74, 6) is 0.0164. The molecule has 2 aromatic rings. The van der Waals surface area contributed by atoms with Crippen molar-refractivity contribution in [1.29, 1.82) is 0 Å². The van der Waals surface area contributed by atoms with Crippen LogP contribution in [0, 0.1) is 13.8 Å². The SMILES string of the molecule is CC[C@@H](NC(=O)c1ccc(C)c(C)c1)c1ccc2c(c1)CCCC2. The molecule has 24 heavy (non-hydrogen) atoms. The third kappa shape index (κ3) is 3.53. The third-order valence-electron chi connectivity index (χ3n) is 5.26. The first-order valence-electron chi connectivity index (χ1n) is 9.08. The molecule has 0 bridgehead atoms. The van der Waals surface area contributed by atoms with E-state index in [4.69, 9.17) is 0 Å². The van der Waals surface area contributed by atoms with Crippen LogP contribution in [-0.4, -0.2) is 5.91 Å². The molecule has 1 amide bonds. The van der Waals surface area contributed by atoms with Gasteiger partial charge in [-0.3, -0.25) is 4.79 Å². The average Bonchev–Trinajstić information content (AvgIpc) is 2.61. The maximum absolute atomic E-state index is 12.6. The Bertz CT molecular complexity index is 748. The number of benzene rings is 2. The molecular formula is C22H27NO. The van der Waals surface area contributed by atoms with Crippen molar-refractivity contribution in [2.45, 2.75) is 58.9 Å². The smallest absolute Gasteiger partial charge is 0.251 e. The van der Waals surface area contributed by atoms with Gasteiger partial charge in [0.2, 0.25) is 0 Å². The molecule has 3 rings (SSSR count). The summed E-state index contributed by atoms with van der Waals surface area (Å²) in [6, 6.07) is 12.7. The zero-order valence-electron chi connectivity index (χ0n) is 15.0. The first-order valence-corrected chi connectivity index (χ1v) is 9.08. The molecule has 2 nitrogen and oxygen atoms in total. The van der Waals surface area contributed by atoms with E-state index in [1.54, 1.807) is 0 Å². The van der Waals surface area contributed by atoms with Gasteiger partial charge in [-0.2, -0.15) is 0 Å². The van der Waals surface area contributed by atoms with E-state index in [9.17, 15) is 4.79 Å². The van der Waals surface area contributed by atoms with Gasteiger partial charge in [0.25, 0.3) is 5.91 Å². The molecule has 0 fully saturated rings. The molecule has 0 aliphatic heterocycles. The second-order valence-electron chi connectivity index (χ2n) is 6.97. The van der Waals surface area contributed by atoms with Crippen LogP contribution in [0.3, 0.4) is 0 Å². The van der Waals surface area contributed by atoms with E-state index in [0.717, 1.165) is 17.5 Å². The molecule has 0 saturated heterocycles. The van der Waals surface area contributed by atoms with Gasteiger partial charge in [-0.25, -0.2) is 0 Å². The first-order chi connectivity index (χ1) is 11.6. The molecule has 2 heteroatoms. The van der Waals surface area contributed by atoms with Gasteiger partial charge in [0.15, 0.2) is 0 Å². The minimum absolute atomic E-state index is 0.0164. The zero-order chi connectivity index (χ0) is 17.1. The molecule has 1 N–H and O–H groups in total. The molecule has 1 atom stereocenters. The van der Waals surface area contributed by atoms with Crippen LogP contribution in [0.4, 0.5) is 0 Å². The van der Waals surface area contributed by atoms with Crippen LogP contribution >= 0.6 is 0 Å². The number of nitrogens with one attached hydrogen (secondary N) is 1. The minimum atomic E-state index is 0.0164. The monoisotopic (exact) mass is 321 g/mol. The number of fused-ring (bicyclic) bond motifs is 1. The van der Waals surface area contributed by atoms with Crippen molar-refractivity contribution >= 4 is 5.91 Å². The van der Waals surface area contributed by atoms with Crippen molar-refractivity contribution in [3.63, 3.8) is 0 Å². The summed E-state index contributed by atoms with van der Waals surface area (Å²) in [6.45, 7) is 6.25. The van der Waals surface area contributed by atoms with Gasteiger partial charge in [-0.05, 0) is 85.9 Å². The lowest BCUT2D eigenvalue weighted by atomic mass is 9.88. The van der Waals surface area contributed by atoms with Crippen LogP contribution in [0.25, 0.3) is 0 Å². The highest BCUT2D eigenvalue weighted by Crippen LogP contribution is 2.26. The summed E-state index contributed by atoms with van der Waals surface area (Å²) < 4.78 is 0. The highest BCUT2D eigenvalue weighted by Gasteiger charge is 2.17. The van der Waals surface area contributed by atoms with E-state index in [0.29, 0.717) is 0 Å². The topological polar surface area (TPSA) is 29.1 Å². The van der Waals surface area contributed by atoms with Crippen LogP contribution in [0.1, 0.15) is 70.4 Å². The van der Waals surface area contributed by atoms with E-state index in [1.807, 2.05) is 25.1 Å². The molecule has 0 spiro atoms. The Kier molecular flexibility index (Phi) is 5.03. The lowest BCUT2D eigenvalue weighted by Crippen LogP contribution is -2.28. The van der Waals surface area contributed by atoms with Gasteiger partial charge in [-0.15, -0.1) is 0 Å². The van der Waals surface area contributed by atoms with Crippen molar-refractivity contribution in [2.75, 3.05) is 0 Å². The highest BCUT2D eigenvalue weighted by molar-refractivity contribution is 5.94. The number of amides is 1. The molecule has 126 valence electrons. The second-order valence-corrected chi connectivity index (χ2v) is 6.97. The second kappa shape index (κ2) is 7.21. The minimum Gasteiger partial charge on any atom is -0.345 e. The summed E-state index contributed by atoms with van der Waals surface area (Å²) in [6.07, 6.45) is 5.84. The average molecular weight is 321 g/mol. The fourth-order valence-electron chi connectivity index (χ4n) is 3.52. The van der Waals surface area contributed by atoms with Gasteiger partial charge in [0.1, 0.15) is 0 Å². The Balaban J connectivity index is 1.79. The summed E-state index contributed by atoms with van der Waals surface area (Å²) in [5.41, 5.74) is 7.31. The predicted molar refractivity (Wildman–Crippen MR) is 99.5 cm³/mol. The van der Waals surface area contributed by atoms with Crippen molar-refractivity contribution in [3.05, 3.63) is 69.8 Å². The van der Waals surface area contributed by atoms with Crippen LogP contribution in [-0.2, 0) is 12.8 Å². The summed E-state index contributed by atoms with van der Waals surface area (Å²) in [4.78, 5) is 12.6. The van der Waals surface area contributed by atoms with Crippen LogP contribution < -0.4 is 5.32 Å². The molecular weight excluding hydrogens is 294 g/mol. The maximum atomic E-state index is 12.6. The highest BCUT2D eigenvalue weighted by atomic mass is 16.1. The normalized spacial score (nSPS) is 14.8. The lowest BCUT2D eigenvalue weighted by Gasteiger charge is -2.22. The van der Waals surface area contributed by atoms with Crippen molar-refractivity contribution in [2.24, 2.45) is 0 Å². The molecule has 0 saturated carbocycles. The Morgan fingerprint density at radius 1 is 1.00 bits per heavy atom. The van der Waals surface area contributed by atoms with Crippen molar-refractivity contribution in [3.8, 4) is 0 Å². The number of aryl methyl sites for hydroxylation is 4. The number of carbonyl (C=O) groups is 1. The van der Waals surface area contributed by atoms with Gasteiger partial charge >= 0.3 is 0 Å². The summed E-state index contributed by atoms with van der Waals surface area (Å²) >= 11 is 0. The van der Waals surface area contributed by atoms with Gasteiger partial charge < -0.3 is 5.32 Å². The van der Waals surface area contributed by atoms with Crippen LogP contribution in [0.2, 0.25) is 0 Å². The quantitative estimate of drug-likeness (QED) is 0.837. The molecule has 0 heterocycles. The molecule has 0 aromatic heterocycles. The van der Waals surface area contributed by atoms with E-state index in [2.05, 4.69) is 37.4 Å². The Labute approximate surface area is 145 Å². The Morgan fingerprint density at radius 3 is 2.46 bits per heavy atom. The molecule has 0 unspecified atom stereocenters. The van der Waals surface area contributed by atoms with E-state index < -0.39 is 0 Å². The van der Waals surface area contributed by atoms with Gasteiger partial charge in [0.05, 0.1) is 6.04 Å². The zero-order valence-corrected chi connectivity index (χ0v) is 15.0. The van der Waals surface area contributed by atoms with Crippen molar-refractivity contribution < 1.29 is 4.79 Å². The first kappa shape index (κ1) is 16.8. The number of hydrogen-bond donors (Lipinski definition) is 1. The Hall–Kier alpha value is -2.09. The summed E-state index contributed by atoms with van der Waals surface area (Å²) in [5, 5.41) is 3.21. The third-order valence-corrected chi connectivity index (χ3v) is 5.26. The lowest BCUT2D eigenvalue weighted by molar-refractivity contribution is 0.0935. The maximum Gasteiger partial charge on any atom is 0.251 e. The molecule has 0 radical (unpaired) electrons. The standard InChI is InChI=1S/C22H27NO/c1-4-21(19-12-11-17-7-5-6-8-18(17)14-19)23-22(24)20-10-9-15(2)16(3)13-20/h9-14,21H,4-8H2,1-3H3,(H,23,24)/t21-/m1/s1. The molecule has 1 aliphatic rings. The fraction of sp³-hybridized carbons (Fsp3) is 0.409. The number of hydrogen-bond acceptors (Lipinski definition) is 1. The van der Waals surface area contributed by atoms with Gasteiger partial charge in [-0.1, -0.05) is 31.2 Å². The van der Waals surface area contributed by atoms with Crippen LogP contribution in [0.5, 0.6) is 0 Å². The molecule has 2 aromatic carbocycles. The number of carbonyl (C=O) groups excluding carboxylic acids is 1. The van der Waals surface area contributed by atoms with E-state index in [1.165, 1.54) is 47.9 Å². The van der Waals surface area contributed by atoms with E-state index in [-0.39, 0.29) is 11.9 Å². The van der Waals surface area contributed by atoms with Crippen molar-refractivity contribution in [1.82, 2.24) is 5.32 Å². The largest absolute Gasteiger partial charge is 0.345 e. The van der Waals surface area contributed by atoms with Gasteiger partial charge in [0, 0.05) is 5.56 Å². The number of rotatable bonds is 4. The fourth-order valence-corrected chi connectivity index (χ4v) is 3.52. The molecule has 1 aliphatic carbocycles. The van der Waals surface area contributed by atoms with Crippen LogP contribution in [0.15, 0.2) is 36.4 Å².